The van der Waals surface area contributed by atoms with E-state index in [2.05, 4.69) is 0 Å². The second kappa shape index (κ2) is 8.04. The molecule has 0 fully saturated rings. The van der Waals surface area contributed by atoms with Crippen molar-refractivity contribution in [2.24, 2.45) is 0 Å². The van der Waals surface area contributed by atoms with E-state index in [1.54, 1.807) is 20.1 Å². The van der Waals surface area contributed by atoms with Crippen LogP contribution in [-0.2, 0) is 11.2 Å². The van der Waals surface area contributed by atoms with Crippen molar-refractivity contribution in [3.8, 4) is 11.5 Å². The highest BCUT2D eigenvalue weighted by Crippen LogP contribution is 2.29. The van der Waals surface area contributed by atoms with Crippen LogP contribution in [0.5, 0.6) is 11.5 Å². The van der Waals surface area contributed by atoms with Crippen LogP contribution in [0.15, 0.2) is 42.5 Å². The first kappa shape index (κ1) is 18.0. The van der Waals surface area contributed by atoms with Gasteiger partial charge >= 0.3 is 0 Å². The third kappa shape index (κ3) is 4.04. The van der Waals surface area contributed by atoms with Gasteiger partial charge in [-0.25, -0.2) is 0 Å². The maximum atomic E-state index is 12.5. The molecule has 0 saturated carbocycles. The van der Waals surface area contributed by atoms with Crippen LogP contribution in [0.4, 0.5) is 5.69 Å². The summed E-state index contributed by atoms with van der Waals surface area (Å²) in [4.78, 5) is 25.8. The van der Waals surface area contributed by atoms with Gasteiger partial charge in [0.05, 0.1) is 13.7 Å². The van der Waals surface area contributed by atoms with Crippen LogP contribution in [-0.4, -0.2) is 32.0 Å². The minimum absolute atomic E-state index is 0.0493. The van der Waals surface area contributed by atoms with Gasteiger partial charge < -0.3 is 14.4 Å². The first-order valence-electron chi connectivity index (χ1n) is 8.79. The summed E-state index contributed by atoms with van der Waals surface area (Å²) >= 11 is 0. The van der Waals surface area contributed by atoms with Gasteiger partial charge in [-0.15, -0.1) is 0 Å². The number of ether oxygens (including phenoxy) is 2. The van der Waals surface area contributed by atoms with E-state index >= 15 is 0 Å². The lowest BCUT2D eigenvalue weighted by molar-refractivity contribution is -0.118. The molecule has 1 aliphatic rings. The van der Waals surface area contributed by atoms with E-state index in [0.717, 1.165) is 29.2 Å². The van der Waals surface area contributed by atoms with Gasteiger partial charge in [0.15, 0.2) is 5.78 Å². The van der Waals surface area contributed by atoms with Crippen molar-refractivity contribution < 1.29 is 19.1 Å². The highest BCUT2D eigenvalue weighted by Gasteiger charge is 2.24. The number of ketones is 1. The minimum atomic E-state index is 0.0493. The zero-order chi connectivity index (χ0) is 18.5. The number of Topliss-reactive ketones (excluding diaryl/α,β-unsaturated/α-hetero) is 1. The van der Waals surface area contributed by atoms with Gasteiger partial charge in [0.1, 0.15) is 11.5 Å². The molecule has 0 saturated heterocycles. The summed E-state index contributed by atoms with van der Waals surface area (Å²) in [5.41, 5.74) is 2.70. The number of hydrogen-bond acceptors (Lipinski definition) is 4. The normalized spacial score (nSPS) is 12.6. The Morgan fingerprint density at radius 3 is 2.50 bits per heavy atom. The Bertz CT molecular complexity index is 798. The van der Waals surface area contributed by atoms with Gasteiger partial charge in [-0.2, -0.15) is 0 Å². The largest absolute Gasteiger partial charge is 0.497 e. The van der Waals surface area contributed by atoms with E-state index in [9.17, 15) is 9.59 Å². The monoisotopic (exact) mass is 353 g/mol. The van der Waals surface area contributed by atoms with Gasteiger partial charge in [-0.1, -0.05) is 0 Å². The molecule has 1 aliphatic heterocycles. The molecule has 0 N–H and O–H groups in total. The number of amides is 1. The van der Waals surface area contributed by atoms with Crippen molar-refractivity contribution in [2.75, 3.05) is 25.2 Å². The number of methoxy groups -OCH3 is 1. The highest BCUT2D eigenvalue weighted by molar-refractivity contribution is 5.98. The van der Waals surface area contributed by atoms with Crippen LogP contribution in [0.1, 0.15) is 35.7 Å². The third-order valence-corrected chi connectivity index (χ3v) is 4.55. The average Bonchev–Trinajstić information content (AvgIpc) is 3.08. The zero-order valence-electron chi connectivity index (χ0n) is 15.2. The number of benzene rings is 2. The zero-order valence-corrected chi connectivity index (χ0v) is 15.2. The molecule has 1 heterocycles. The van der Waals surface area contributed by atoms with Crippen LogP contribution < -0.4 is 14.4 Å². The van der Waals surface area contributed by atoms with E-state index in [1.165, 1.54) is 0 Å². The van der Waals surface area contributed by atoms with Crippen molar-refractivity contribution in [2.45, 2.75) is 26.2 Å². The molecule has 5 heteroatoms. The van der Waals surface area contributed by atoms with Crippen LogP contribution in [0.3, 0.4) is 0 Å². The number of nitrogens with zero attached hydrogens (tertiary/aromatic N) is 1. The predicted molar refractivity (Wildman–Crippen MR) is 100 cm³/mol. The van der Waals surface area contributed by atoms with Gasteiger partial charge in [0.2, 0.25) is 5.91 Å². The quantitative estimate of drug-likeness (QED) is 0.563. The number of carbonyl (C=O) groups excluding carboxylic acids is 2. The highest BCUT2D eigenvalue weighted by atomic mass is 16.5. The van der Waals surface area contributed by atoms with E-state index < -0.39 is 0 Å². The average molecular weight is 353 g/mol. The number of rotatable bonds is 7. The molecule has 0 aliphatic carbocycles. The lowest BCUT2D eigenvalue weighted by Gasteiger charge is -2.17. The predicted octanol–water partition coefficient (Wildman–Crippen LogP) is 3.65. The van der Waals surface area contributed by atoms with Crippen LogP contribution >= 0.6 is 0 Å². The Morgan fingerprint density at radius 2 is 1.81 bits per heavy atom. The molecule has 136 valence electrons. The third-order valence-electron chi connectivity index (χ3n) is 4.55. The lowest BCUT2D eigenvalue weighted by Crippen LogP contribution is -2.28. The molecule has 2 aromatic rings. The summed E-state index contributed by atoms with van der Waals surface area (Å²) in [7, 11) is 1.62. The Labute approximate surface area is 153 Å². The summed E-state index contributed by atoms with van der Waals surface area (Å²) in [6.45, 7) is 2.72. The molecule has 0 atom stereocenters. The van der Waals surface area contributed by atoms with Gasteiger partial charge in [-0.05, 0) is 67.8 Å². The number of anilines is 1. The van der Waals surface area contributed by atoms with E-state index in [1.807, 2.05) is 41.3 Å². The molecule has 5 nitrogen and oxygen atoms in total. The van der Waals surface area contributed by atoms with Crippen molar-refractivity contribution in [1.82, 2.24) is 0 Å². The Kier molecular flexibility index (Phi) is 5.56. The van der Waals surface area contributed by atoms with E-state index in [-0.39, 0.29) is 11.7 Å². The van der Waals surface area contributed by atoms with Crippen molar-refractivity contribution in [3.63, 3.8) is 0 Å². The molecule has 2 aromatic carbocycles. The first-order valence-corrected chi connectivity index (χ1v) is 8.79. The summed E-state index contributed by atoms with van der Waals surface area (Å²) < 4.78 is 10.8. The van der Waals surface area contributed by atoms with Crippen LogP contribution in [0.2, 0.25) is 0 Å². The second-order valence-corrected chi connectivity index (χ2v) is 6.32. The molecule has 26 heavy (non-hydrogen) atoms. The van der Waals surface area contributed by atoms with Crippen molar-refractivity contribution >= 4 is 17.4 Å². The maximum absolute atomic E-state index is 12.5. The lowest BCUT2D eigenvalue weighted by atomic mass is 10.1. The first-order chi connectivity index (χ1) is 12.6. The van der Waals surface area contributed by atoms with Crippen LogP contribution in [0, 0.1) is 0 Å². The fourth-order valence-corrected chi connectivity index (χ4v) is 3.10. The molecule has 0 spiro atoms. The second-order valence-electron chi connectivity index (χ2n) is 6.32. The molecule has 0 unspecified atom stereocenters. The van der Waals surface area contributed by atoms with Crippen LogP contribution in [0.25, 0.3) is 0 Å². The summed E-state index contributed by atoms with van der Waals surface area (Å²) in [6.07, 6.45) is 1.89. The Morgan fingerprint density at radius 1 is 1.08 bits per heavy atom. The fraction of sp³-hybridized carbons (Fsp3) is 0.333. The molecular formula is C21H23NO4. The smallest absolute Gasteiger partial charge is 0.227 e. The van der Waals surface area contributed by atoms with Gasteiger partial charge in [-0.3, -0.25) is 9.59 Å². The molecular weight excluding hydrogens is 330 g/mol. The van der Waals surface area contributed by atoms with E-state index in [4.69, 9.17) is 9.47 Å². The standard InChI is InChI=1S/C21H23NO4/c1-15(23)16-5-10-20-17(14-16)11-12-22(20)21(24)4-3-13-26-19-8-6-18(25-2)7-9-19/h5-10,14H,3-4,11-13H2,1-2H3. The molecule has 3 rings (SSSR count). The maximum Gasteiger partial charge on any atom is 0.227 e. The van der Waals surface area contributed by atoms with E-state index in [0.29, 0.717) is 31.6 Å². The summed E-state index contributed by atoms with van der Waals surface area (Å²) in [5, 5.41) is 0. The number of hydrogen-bond donors (Lipinski definition) is 0. The Balaban J connectivity index is 1.49. The van der Waals surface area contributed by atoms with Crippen molar-refractivity contribution in [1.29, 1.82) is 0 Å². The molecule has 0 aromatic heterocycles. The van der Waals surface area contributed by atoms with Gasteiger partial charge in [0.25, 0.3) is 0 Å². The topological polar surface area (TPSA) is 55.8 Å². The molecule has 0 radical (unpaired) electrons. The Hall–Kier alpha value is -2.82. The molecule has 0 bridgehead atoms. The van der Waals surface area contributed by atoms with Gasteiger partial charge in [0, 0.05) is 24.2 Å². The minimum Gasteiger partial charge on any atom is -0.497 e. The molecule has 1 amide bonds. The number of carbonyl (C=O) groups is 2. The summed E-state index contributed by atoms with van der Waals surface area (Å²) in [6, 6.07) is 13.0. The summed E-state index contributed by atoms with van der Waals surface area (Å²) in [5.74, 6) is 1.69. The SMILES string of the molecule is COc1ccc(OCCCC(=O)N2CCc3cc(C(C)=O)ccc32)cc1. The fourth-order valence-electron chi connectivity index (χ4n) is 3.10. The van der Waals surface area contributed by atoms with Crippen molar-refractivity contribution in [3.05, 3.63) is 53.6 Å². The number of fused-ring (bicyclic) bond motifs is 1.